The van der Waals surface area contributed by atoms with Crippen LogP contribution < -0.4 is 10.2 Å². The van der Waals surface area contributed by atoms with Gasteiger partial charge in [-0.2, -0.15) is 0 Å². The fourth-order valence-electron chi connectivity index (χ4n) is 5.38. The number of amides is 2. The number of rotatable bonds is 3. The second kappa shape index (κ2) is 6.84. The number of aryl methyl sites for hydroxylation is 1. The third-order valence-corrected chi connectivity index (χ3v) is 7.28. The van der Waals surface area contributed by atoms with E-state index in [2.05, 4.69) is 65.7 Å². The third-order valence-electron chi connectivity index (χ3n) is 7.28. The van der Waals surface area contributed by atoms with Gasteiger partial charge in [0.2, 0.25) is 0 Å². The van der Waals surface area contributed by atoms with Gasteiger partial charge in [-0.15, -0.1) is 0 Å². The number of nitrogens with zero attached hydrogens (tertiary/aromatic N) is 4. The Bertz CT molecular complexity index is 1080. The van der Waals surface area contributed by atoms with Crippen molar-refractivity contribution < 1.29 is 4.79 Å². The van der Waals surface area contributed by atoms with E-state index >= 15 is 0 Å². The van der Waals surface area contributed by atoms with Crippen LogP contribution in [0.3, 0.4) is 0 Å². The maximum atomic E-state index is 12.9. The van der Waals surface area contributed by atoms with Crippen LogP contribution in [0.25, 0.3) is 11.0 Å². The van der Waals surface area contributed by atoms with Gasteiger partial charge in [-0.1, -0.05) is 30.3 Å². The zero-order chi connectivity index (χ0) is 20.9. The summed E-state index contributed by atoms with van der Waals surface area (Å²) in [4.78, 5) is 21.7. The molecule has 1 spiro atoms. The number of fused-ring (bicyclic) bond motifs is 1. The molecule has 5 rings (SSSR count). The van der Waals surface area contributed by atoms with Crippen molar-refractivity contribution in [1.29, 1.82) is 0 Å². The molecular formula is C24H29N5O. The molecule has 2 amide bonds. The molecule has 0 atom stereocenters. The first kappa shape index (κ1) is 19.1. The summed E-state index contributed by atoms with van der Waals surface area (Å²) in [7, 11) is 6.33. The molecule has 1 saturated heterocycles. The lowest BCUT2D eigenvalue weighted by molar-refractivity contribution is 0.0658. The SMILES string of the molecule is Cn1ccc2cc(N3C[C@]4(CC[C@@](c5ccccc5)(N(C)C)CC4)NC3=O)cnc21. The molecule has 1 aliphatic heterocycles. The standard InChI is InChI=1S/C24H29N5O/c1-27(2)24(19-7-5-4-6-8-19)12-10-23(11-13-24)17-29(22(30)26-23)20-15-18-9-14-28(3)21(18)25-16-20/h4-9,14-16H,10-13,17H2,1-3H3,(H,26,30)/t23-,24-. The Hall–Kier alpha value is -2.86. The normalized spacial score (nSPS) is 26.7. The summed E-state index contributed by atoms with van der Waals surface area (Å²) < 4.78 is 2.00. The molecule has 0 radical (unpaired) electrons. The number of aromatic nitrogens is 2. The first-order valence-electron chi connectivity index (χ1n) is 10.7. The predicted molar refractivity (Wildman–Crippen MR) is 120 cm³/mol. The van der Waals surface area contributed by atoms with Crippen molar-refractivity contribution >= 4 is 22.8 Å². The fraction of sp³-hybridized carbons (Fsp3) is 0.417. The Morgan fingerprint density at radius 1 is 1.07 bits per heavy atom. The average Bonchev–Trinajstić information content (AvgIpc) is 3.29. The summed E-state index contributed by atoms with van der Waals surface area (Å²) >= 11 is 0. The number of nitrogens with one attached hydrogen (secondary N) is 1. The summed E-state index contributed by atoms with van der Waals surface area (Å²) in [5.74, 6) is 0. The van der Waals surface area contributed by atoms with E-state index < -0.39 is 0 Å². The number of hydrogen-bond donors (Lipinski definition) is 1. The van der Waals surface area contributed by atoms with E-state index in [4.69, 9.17) is 0 Å². The quantitative estimate of drug-likeness (QED) is 0.722. The van der Waals surface area contributed by atoms with E-state index in [9.17, 15) is 4.79 Å². The van der Waals surface area contributed by atoms with Gasteiger partial charge in [0, 0.05) is 24.2 Å². The molecule has 1 saturated carbocycles. The minimum absolute atomic E-state index is 0.0101. The molecule has 3 heterocycles. The van der Waals surface area contributed by atoms with Crippen molar-refractivity contribution in [3.8, 4) is 0 Å². The molecule has 0 unspecified atom stereocenters. The number of pyridine rings is 1. The highest BCUT2D eigenvalue weighted by Crippen LogP contribution is 2.46. The first-order chi connectivity index (χ1) is 14.4. The fourth-order valence-corrected chi connectivity index (χ4v) is 5.38. The average molecular weight is 404 g/mol. The number of benzene rings is 1. The molecule has 2 fully saturated rings. The Labute approximate surface area is 177 Å². The van der Waals surface area contributed by atoms with Crippen molar-refractivity contribution in [2.75, 3.05) is 25.5 Å². The van der Waals surface area contributed by atoms with E-state index in [-0.39, 0.29) is 17.1 Å². The molecule has 1 aromatic carbocycles. The lowest BCUT2D eigenvalue weighted by atomic mass is 9.69. The van der Waals surface area contributed by atoms with Crippen LogP contribution in [0, 0.1) is 0 Å². The van der Waals surface area contributed by atoms with Gasteiger partial charge in [0.05, 0.1) is 24.0 Å². The van der Waals surface area contributed by atoms with Crippen molar-refractivity contribution in [3.05, 3.63) is 60.4 Å². The molecule has 1 N–H and O–H groups in total. The topological polar surface area (TPSA) is 53.4 Å². The summed E-state index contributed by atoms with van der Waals surface area (Å²) in [5.41, 5.74) is 3.02. The van der Waals surface area contributed by atoms with Gasteiger partial charge in [-0.05, 0) is 57.5 Å². The lowest BCUT2D eigenvalue weighted by Gasteiger charge is -2.48. The molecule has 156 valence electrons. The summed E-state index contributed by atoms with van der Waals surface area (Å²) in [6, 6.07) is 14.9. The van der Waals surface area contributed by atoms with Crippen molar-refractivity contribution in [1.82, 2.24) is 19.8 Å². The highest BCUT2D eigenvalue weighted by atomic mass is 16.2. The maximum Gasteiger partial charge on any atom is 0.322 e. The van der Waals surface area contributed by atoms with Gasteiger partial charge in [-0.25, -0.2) is 9.78 Å². The molecule has 1 aliphatic carbocycles. The molecule has 6 heteroatoms. The van der Waals surface area contributed by atoms with Crippen molar-refractivity contribution in [2.45, 2.75) is 36.8 Å². The van der Waals surface area contributed by atoms with Crippen LogP contribution in [0.2, 0.25) is 0 Å². The van der Waals surface area contributed by atoms with E-state index in [0.717, 1.165) is 42.4 Å². The number of carbonyl (C=O) groups excluding carboxylic acids is 1. The molecule has 30 heavy (non-hydrogen) atoms. The molecule has 6 nitrogen and oxygen atoms in total. The number of hydrogen-bond acceptors (Lipinski definition) is 3. The summed E-state index contributed by atoms with van der Waals surface area (Å²) in [6.45, 7) is 0.699. The molecular weight excluding hydrogens is 374 g/mol. The summed E-state index contributed by atoms with van der Waals surface area (Å²) in [6.07, 6.45) is 7.78. The number of urea groups is 1. The Kier molecular flexibility index (Phi) is 4.36. The van der Waals surface area contributed by atoms with E-state index in [0.29, 0.717) is 6.54 Å². The van der Waals surface area contributed by atoms with E-state index in [1.807, 2.05) is 35.0 Å². The zero-order valence-electron chi connectivity index (χ0n) is 17.9. The highest BCUT2D eigenvalue weighted by molar-refractivity contribution is 5.96. The monoisotopic (exact) mass is 403 g/mol. The molecule has 2 aliphatic rings. The predicted octanol–water partition coefficient (Wildman–Crippen LogP) is 3.87. The largest absolute Gasteiger partial charge is 0.336 e. The highest BCUT2D eigenvalue weighted by Gasteiger charge is 2.50. The minimum Gasteiger partial charge on any atom is -0.336 e. The molecule has 3 aromatic rings. The van der Waals surface area contributed by atoms with Gasteiger partial charge in [-0.3, -0.25) is 9.80 Å². The van der Waals surface area contributed by atoms with Gasteiger partial charge >= 0.3 is 6.03 Å². The Morgan fingerprint density at radius 3 is 2.50 bits per heavy atom. The van der Waals surface area contributed by atoms with Crippen LogP contribution in [-0.4, -0.2) is 46.7 Å². The van der Waals surface area contributed by atoms with Gasteiger partial charge in [0.15, 0.2) is 0 Å². The van der Waals surface area contributed by atoms with Crippen LogP contribution >= 0.6 is 0 Å². The third kappa shape index (κ3) is 2.89. The second-order valence-electron chi connectivity index (χ2n) is 9.12. The van der Waals surface area contributed by atoms with E-state index in [1.54, 1.807) is 0 Å². The van der Waals surface area contributed by atoms with Gasteiger partial charge in [0.25, 0.3) is 0 Å². The summed E-state index contributed by atoms with van der Waals surface area (Å²) in [5, 5.41) is 4.39. The van der Waals surface area contributed by atoms with Crippen molar-refractivity contribution in [2.24, 2.45) is 7.05 Å². The van der Waals surface area contributed by atoms with Gasteiger partial charge in [0.1, 0.15) is 5.65 Å². The van der Waals surface area contributed by atoms with Crippen molar-refractivity contribution in [3.63, 3.8) is 0 Å². The maximum absolute atomic E-state index is 12.9. The Balaban J connectivity index is 1.39. The molecule has 2 aromatic heterocycles. The molecule has 0 bridgehead atoms. The lowest BCUT2D eigenvalue weighted by Crippen LogP contribution is -2.54. The van der Waals surface area contributed by atoms with Crippen LogP contribution in [-0.2, 0) is 12.6 Å². The zero-order valence-corrected chi connectivity index (χ0v) is 17.9. The minimum atomic E-state index is -0.170. The van der Waals surface area contributed by atoms with E-state index in [1.165, 1.54) is 5.56 Å². The first-order valence-corrected chi connectivity index (χ1v) is 10.7. The van der Waals surface area contributed by atoms with Crippen LogP contribution in [0.5, 0.6) is 0 Å². The van der Waals surface area contributed by atoms with Crippen LogP contribution in [0.15, 0.2) is 54.9 Å². The smallest absolute Gasteiger partial charge is 0.322 e. The number of carbonyl (C=O) groups is 1. The Morgan fingerprint density at radius 2 is 1.80 bits per heavy atom. The van der Waals surface area contributed by atoms with Crippen LogP contribution in [0.1, 0.15) is 31.2 Å². The van der Waals surface area contributed by atoms with Crippen LogP contribution in [0.4, 0.5) is 10.5 Å². The number of anilines is 1. The second-order valence-corrected chi connectivity index (χ2v) is 9.12. The van der Waals surface area contributed by atoms with Gasteiger partial charge < -0.3 is 9.88 Å².